The molecule has 0 spiro atoms. The average molecular weight is 354 g/mol. The van der Waals surface area contributed by atoms with Gasteiger partial charge in [0.25, 0.3) is 0 Å². The smallest absolute Gasteiger partial charge is 0.233 e. The minimum Gasteiger partial charge on any atom is -0.497 e. The molecule has 1 aromatic carbocycles. The normalized spacial score (nSPS) is 19.4. The first-order chi connectivity index (χ1) is 12.6. The Labute approximate surface area is 154 Å². The maximum atomic E-state index is 13.2. The molecule has 0 atom stereocenters. The van der Waals surface area contributed by atoms with E-state index in [1.54, 1.807) is 7.11 Å². The molecule has 1 amide bonds. The van der Waals surface area contributed by atoms with Gasteiger partial charge in [0.15, 0.2) is 5.82 Å². The van der Waals surface area contributed by atoms with Crippen LogP contribution in [0.2, 0.25) is 0 Å². The van der Waals surface area contributed by atoms with Crippen LogP contribution in [0.25, 0.3) is 0 Å². The topological polar surface area (TPSA) is 71.1 Å². The number of piperidine rings is 1. The highest BCUT2D eigenvalue weighted by atomic mass is 16.5. The fourth-order valence-corrected chi connectivity index (χ4v) is 4.04. The second-order valence-corrected chi connectivity index (χ2v) is 7.59. The molecule has 1 saturated heterocycles. The highest BCUT2D eigenvalue weighted by Gasteiger charge is 2.53. The van der Waals surface area contributed by atoms with Crippen LogP contribution in [0.3, 0.4) is 0 Å². The van der Waals surface area contributed by atoms with Gasteiger partial charge in [-0.25, -0.2) is 4.98 Å². The van der Waals surface area contributed by atoms with E-state index >= 15 is 0 Å². The van der Waals surface area contributed by atoms with Gasteiger partial charge in [-0.3, -0.25) is 9.89 Å². The number of aryl methyl sites for hydroxylation is 1. The number of aromatic amines is 1. The first kappa shape index (κ1) is 17.1. The molecule has 1 saturated carbocycles. The number of benzene rings is 1. The molecule has 0 bridgehead atoms. The van der Waals surface area contributed by atoms with Crippen molar-refractivity contribution in [3.8, 4) is 5.75 Å². The van der Waals surface area contributed by atoms with Gasteiger partial charge < -0.3 is 9.64 Å². The van der Waals surface area contributed by atoms with E-state index in [9.17, 15) is 4.79 Å². The van der Waals surface area contributed by atoms with Crippen LogP contribution in [0.5, 0.6) is 5.75 Å². The van der Waals surface area contributed by atoms with Gasteiger partial charge >= 0.3 is 0 Å². The fraction of sp³-hybridized carbons (Fsp3) is 0.550. The lowest BCUT2D eigenvalue weighted by atomic mass is 9.90. The van der Waals surface area contributed by atoms with E-state index in [1.165, 1.54) is 0 Å². The number of carbonyl (C=O) groups excluding carboxylic acids is 1. The first-order valence-electron chi connectivity index (χ1n) is 9.42. The van der Waals surface area contributed by atoms with E-state index in [4.69, 9.17) is 4.74 Å². The highest BCUT2D eigenvalue weighted by Crippen LogP contribution is 2.50. The molecule has 2 heterocycles. The molecular formula is C20H26N4O2. The molecule has 6 heteroatoms. The predicted octanol–water partition coefficient (Wildman–Crippen LogP) is 2.63. The Hall–Kier alpha value is -2.37. The van der Waals surface area contributed by atoms with Crippen molar-refractivity contribution < 1.29 is 9.53 Å². The summed E-state index contributed by atoms with van der Waals surface area (Å²) in [6, 6.07) is 7.99. The summed E-state index contributed by atoms with van der Waals surface area (Å²) in [7, 11) is 1.66. The molecule has 2 fully saturated rings. The SMILES string of the molecule is COc1ccc(C2(C(=O)N3CCC(Cc4n[nH]c(C)n4)CC3)CC2)cc1. The molecule has 26 heavy (non-hydrogen) atoms. The summed E-state index contributed by atoms with van der Waals surface area (Å²) in [4.78, 5) is 19.6. The summed E-state index contributed by atoms with van der Waals surface area (Å²) in [5.41, 5.74) is 0.835. The molecule has 2 aliphatic rings. The number of hydrogen-bond acceptors (Lipinski definition) is 4. The minimum atomic E-state index is -0.292. The molecule has 1 N–H and O–H groups in total. The monoisotopic (exact) mass is 354 g/mol. The van der Waals surface area contributed by atoms with E-state index < -0.39 is 0 Å². The molecule has 0 radical (unpaired) electrons. The number of nitrogens with zero attached hydrogens (tertiary/aromatic N) is 3. The number of likely N-dealkylation sites (tertiary alicyclic amines) is 1. The van der Waals surface area contributed by atoms with Crippen molar-refractivity contribution in [3.63, 3.8) is 0 Å². The van der Waals surface area contributed by atoms with Crippen LogP contribution < -0.4 is 4.74 Å². The molecule has 4 rings (SSSR count). The molecule has 0 unspecified atom stereocenters. The van der Waals surface area contributed by atoms with Gasteiger partial charge in [-0.05, 0) is 56.2 Å². The third kappa shape index (κ3) is 3.20. The van der Waals surface area contributed by atoms with Crippen LogP contribution in [-0.4, -0.2) is 46.2 Å². The number of carbonyl (C=O) groups is 1. The fourth-order valence-electron chi connectivity index (χ4n) is 4.04. The lowest BCUT2D eigenvalue weighted by Gasteiger charge is -2.34. The van der Waals surface area contributed by atoms with Gasteiger partial charge in [0.2, 0.25) is 5.91 Å². The molecule has 138 valence electrons. The molecule has 1 aliphatic carbocycles. The second kappa shape index (κ2) is 6.74. The summed E-state index contributed by atoms with van der Waals surface area (Å²) in [6.07, 6.45) is 4.86. The Morgan fingerprint density at radius 3 is 2.50 bits per heavy atom. The Morgan fingerprint density at radius 1 is 1.27 bits per heavy atom. The van der Waals surface area contributed by atoms with Crippen LogP contribution in [0.1, 0.15) is 42.9 Å². The van der Waals surface area contributed by atoms with E-state index in [-0.39, 0.29) is 5.41 Å². The number of methoxy groups -OCH3 is 1. The van der Waals surface area contributed by atoms with E-state index in [0.29, 0.717) is 11.8 Å². The van der Waals surface area contributed by atoms with Gasteiger partial charge in [-0.15, -0.1) is 0 Å². The third-order valence-electron chi connectivity index (χ3n) is 5.82. The predicted molar refractivity (Wildman–Crippen MR) is 98.0 cm³/mol. The van der Waals surface area contributed by atoms with E-state index in [1.807, 2.05) is 31.2 Å². The molecule has 6 nitrogen and oxygen atoms in total. The van der Waals surface area contributed by atoms with Crippen molar-refractivity contribution >= 4 is 5.91 Å². The van der Waals surface area contributed by atoms with Crippen LogP contribution in [-0.2, 0) is 16.6 Å². The molecule has 1 aromatic heterocycles. The maximum Gasteiger partial charge on any atom is 0.233 e. The average Bonchev–Trinajstić information content (AvgIpc) is 3.39. The highest BCUT2D eigenvalue weighted by molar-refractivity contribution is 5.91. The summed E-state index contributed by atoms with van der Waals surface area (Å²) in [6.45, 7) is 3.60. The van der Waals surface area contributed by atoms with Gasteiger partial charge in [-0.2, -0.15) is 5.10 Å². The lowest BCUT2D eigenvalue weighted by Crippen LogP contribution is -2.44. The molecular weight excluding hydrogens is 328 g/mol. The minimum absolute atomic E-state index is 0.292. The number of nitrogens with one attached hydrogen (secondary N) is 1. The number of ether oxygens (including phenoxy) is 1. The molecule has 2 aromatic rings. The van der Waals surface area contributed by atoms with Crippen molar-refractivity contribution in [2.75, 3.05) is 20.2 Å². The first-order valence-corrected chi connectivity index (χ1v) is 9.42. The summed E-state index contributed by atoms with van der Waals surface area (Å²) in [5, 5.41) is 7.15. The molecule has 1 aliphatic heterocycles. The van der Waals surface area contributed by atoms with Crippen LogP contribution in [0.4, 0.5) is 0 Å². The van der Waals surface area contributed by atoms with Crippen LogP contribution >= 0.6 is 0 Å². The zero-order valence-corrected chi connectivity index (χ0v) is 15.5. The Balaban J connectivity index is 1.37. The van der Waals surface area contributed by atoms with Crippen molar-refractivity contribution in [1.29, 1.82) is 0 Å². The summed E-state index contributed by atoms with van der Waals surface area (Å²) in [5.74, 6) is 3.45. The standard InChI is InChI=1S/C20H26N4O2/c1-14-21-18(23-22-14)13-15-7-11-24(12-8-15)19(25)20(9-10-20)16-3-5-17(26-2)6-4-16/h3-6,15H,7-13H2,1-2H3,(H,21,22,23). The third-order valence-corrected chi connectivity index (χ3v) is 5.82. The quantitative estimate of drug-likeness (QED) is 0.896. The second-order valence-electron chi connectivity index (χ2n) is 7.59. The van der Waals surface area contributed by atoms with Crippen molar-refractivity contribution in [2.45, 2.75) is 44.4 Å². The van der Waals surface area contributed by atoms with Crippen LogP contribution in [0.15, 0.2) is 24.3 Å². The number of hydrogen-bond donors (Lipinski definition) is 1. The van der Waals surface area contributed by atoms with Crippen molar-refractivity contribution in [3.05, 3.63) is 41.5 Å². The van der Waals surface area contributed by atoms with Crippen LogP contribution in [0, 0.1) is 12.8 Å². The van der Waals surface area contributed by atoms with Crippen molar-refractivity contribution in [1.82, 2.24) is 20.1 Å². The number of amides is 1. The number of aromatic nitrogens is 3. The Morgan fingerprint density at radius 2 is 1.96 bits per heavy atom. The van der Waals surface area contributed by atoms with Crippen molar-refractivity contribution in [2.24, 2.45) is 5.92 Å². The largest absolute Gasteiger partial charge is 0.497 e. The zero-order chi connectivity index (χ0) is 18.1. The van der Waals surface area contributed by atoms with Gasteiger partial charge in [-0.1, -0.05) is 12.1 Å². The zero-order valence-electron chi connectivity index (χ0n) is 15.5. The van der Waals surface area contributed by atoms with Gasteiger partial charge in [0.05, 0.1) is 12.5 Å². The van der Waals surface area contributed by atoms with E-state index in [2.05, 4.69) is 20.1 Å². The summed E-state index contributed by atoms with van der Waals surface area (Å²) >= 11 is 0. The lowest BCUT2D eigenvalue weighted by molar-refractivity contribution is -0.135. The van der Waals surface area contributed by atoms with E-state index in [0.717, 1.165) is 68.2 Å². The summed E-state index contributed by atoms with van der Waals surface area (Å²) < 4.78 is 5.23. The number of rotatable bonds is 5. The Kier molecular flexibility index (Phi) is 4.42. The maximum absolute atomic E-state index is 13.2. The number of H-pyrrole nitrogens is 1. The van der Waals surface area contributed by atoms with Gasteiger partial charge in [0.1, 0.15) is 11.6 Å². The van der Waals surface area contributed by atoms with Gasteiger partial charge in [0, 0.05) is 19.5 Å². The Bertz CT molecular complexity index is 771.